The number of unbranched alkanes of at least 4 members (excludes halogenated alkanes) is 1. The topological polar surface area (TPSA) is 206 Å². The van der Waals surface area contributed by atoms with Crippen LogP contribution < -0.4 is 11.1 Å². The van der Waals surface area contributed by atoms with Gasteiger partial charge in [-0.1, -0.05) is 32.1 Å². The number of nitrogens with one attached hydrogen (secondary N) is 1. The van der Waals surface area contributed by atoms with Gasteiger partial charge in [-0.2, -0.15) is 0 Å². The monoisotopic (exact) mass is 829 g/mol. The number of carbonyl (C=O) groups excluding carboxylic acids is 3. The van der Waals surface area contributed by atoms with Gasteiger partial charge in [-0.15, -0.1) is 5.10 Å². The van der Waals surface area contributed by atoms with Crippen molar-refractivity contribution in [1.82, 2.24) is 35.1 Å². The zero-order valence-corrected chi connectivity index (χ0v) is 36.8. The maximum Gasteiger partial charge on any atom is 0.410 e. The summed E-state index contributed by atoms with van der Waals surface area (Å²) in [6.07, 6.45) is 0.0604. The molecule has 17 heteroatoms. The van der Waals surface area contributed by atoms with Gasteiger partial charge in [0.05, 0.1) is 35.7 Å². The molecule has 0 spiro atoms. The number of hydrogen-bond acceptors (Lipinski definition) is 15. The molecule has 0 aromatic carbocycles. The molecule has 0 aliphatic carbocycles. The number of aromatic nitrogens is 4. The van der Waals surface area contributed by atoms with Crippen LogP contribution in [0.2, 0.25) is 0 Å². The summed E-state index contributed by atoms with van der Waals surface area (Å²) < 4.78 is 33.2. The van der Waals surface area contributed by atoms with Crippen LogP contribution in [0.3, 0.4) is 0 Å². The van der Waals surface area contributed by atoms with Crippen LogP contribution in [0.15, 0.2) is 24.4 Å². The molecule has 3 saturated heterocycles. The molecule has 5 heterocycles. The van der Waals surface area contributed by atoms with Crippen LogP contribution in [0.4, 0.5) is 10.6 Å². The molecule has 4 N–H and O–H groups in total. The molecule has 3 aliphatic rings. The first-order valence-electron chi connectivity index (χ1n) is 21.1. The quantitative estimate of drug-likeness (QED) is 0.168. The van der Waals surface area contributed by atoms with Gasteiger partial charge in [-0.25, -0.2) is 9.78 Å². The number of nitrogens with two attached hydrogens (primary N) is 1. The van der Waals surface area contributed by atoms with Crippen LogP contribution in [0.1, 0.15) is 87.5 Å². The minimum absolute atomic E-state index is 0.0170. The van der Waals surface area contributed by atoms with Crippen LogP contribution in [-0.2, 0) is 39.8 Å². The number of hydrogen-bond donors (Lipinski definition) is 3. The lowest BCUT2D eigenvalue weighted by atomic mass is 9.78. The number of methoxy groups -OCH3 is 1. The predicted molar refractivity (Wildman–Crippen MR) is 220 cm³/mol. The molecule has 59 heavy (non-hydrogen) atoms. The van der Waals surface area contributed by atoms with Crippen molar-refractivity contribution in [1.29, 1.82) is 0 Å². The fraction of sp³-hybridized carbons (Fsp3) is 0.762. The maximum absolute atomic E-state index is 14.4. The Morgan fingerprint density at radius 2 is 1.78 bits per heavy atom. The van der Waals surface area contributed by atoms with Crippen molar-refractivity contribution in [2.75, 3.05) is 40.0 Å². The van der Waals surface area contributed by atoms with E-state index in [0.29, 0.717) is 68.9 Å². The van der Waals surface area contributed by atoms with Crippen LogP contribution in [0.25, 0.3) is 11.4 Å². The molecule has 3 unspecified atom stereocenters. The Bertz CT molecular complexity index is 1750. The molecule has 3 aliphatic heterocycles. The molecule has 330 valence electrons. The third-order valence-corrected chi connectivity index (χ3v) is 12.7. The van der Waals surface area contributed by atoms with Crippen molar-refractivity contribution in [2.45, 2.75) is 154 Å². The lowest BCUT2D eigenvalue weighted by Crippen LogP contribution is -2.61. The molecular formula is C42H68N8O9. The van der Waals surface area contributed by atoms with Gasteiger partial charge in [-0.05, 0) is 105 Å². The van der Waals surface area contributed by atoms with E-state index in [2.05, 4.69) is 27.5 Å². The fourth-order valence-corrected chi connectivity index (χ4v) is 9.33. The standard InChI is InChI=1S/C42H68N8O9/c1-12-32-42(8)36(50(40(54)59-42)19-14-13-18-49-23-30(46-47-49)29-16-15-17-33(43)45-29)28(6)44-22-24(2)21-41(7,55-11)37(26(4)34(51)27(5)38(53)57-32)58-39-35(52)31(48(9)10)20-25(3)56-39/h15-17,23-28,31-32,35-37,39,44,52H,12-14,18-22H2,1-11H3,(H2,43,45)/t24-,25?,26-,27-,28-,31?,32-,35?,36-,37-,39+,41-,42-/m1/s1. The molecule has 0 bridgehead atoms. The van der Waals surface area contributed by atoms with Gasteiger partial charge < -0.3 is 44.7 Å². The number of esters is 1. The van der Waals surface area contributed by atoms with Crippen molar-refractivity contribution in [3.8, 4) is 11.4 Å². The highest BCUT2D eigenvalue weighted by Gasteiger charge is 2.58. The largest absolute Gasteiger partial charge is 0.458 e. The Hall–Kier alpha value is -3.74. The molecule has 2 aromatic heterocycles. The van der Waals surface area contributed by atoms with Gasteiger partial charge in [0.2, 0.25) is 0 Å². The summed E-state index contributed by atoms with van der Waals surface area (Å²) in [7, 11) is 5.39. The second-order valence-corrected chi connectivity index (χ2v) is 17.6. The van der Waals surface area contributed by atoms with Gasteiger partial charge in [0.15, 0.2) is 17.7 Å². The molecule has 0 saturated carbocycles. The fourth-order valence-electron chi connectivity index (χ4n) is 9.33. The number of ether oxygens (including phenoxy) is 5. The lowest BCUT2D eigenvalue weighted by Gasteiger charge is -2.46. The molecule has 2 aromatic rings. The van der Waals surface area contributed by atoms with E-state index in [1.807, 2.05) is 71.9 Å². The smallest absolute Gasteiger partial charge is 0.410 e. The average molecular weight is 829 g/mol. The zero-order chi connectivity index (χ0) is 43.4. The normalized spacial score (nSPS) is 36.5. The van der Waals surface area contributed by atoms with Crippen molar-refractivity contribution in [2.24, 2.45) is 17.8 Å². The Morgan fingerprint density at radius 3 is 2.44 bits per heavy atom. The number of rotatable bonds is 11. The number of amides is 1. The number of fused-ring (bicyclic) bond motifs is 1. The number of Topliss-reactive ketones (excluding diaryl/α,β-unsaturated/α-hetero) is 1. The van der Waals surface area contributed by atoms with E-state index < -0.39 is 71.5 Å². The molecule has 17 nitrogen and oxygen atoms in total. The molecule has 5 rings (SSSR count). The molecule has 3 fully saturated rings. The third-order valence-electron chi connectivity index (χ3n) is 12.7. The van der Waals surface area contributed by atoms with Crippen molar-refractivity contribution in [3.05, 3.63) is 24.4 Å². The summed E-state index contributed by atoms with van der Waals surface area (Å²) in [6.45, 7) is 16.4. The van der Waals surface area contributed by atoms with Crippen LogP contribution in [-0.4, -0.2) is 147 Å². The minimum Gasteiger partial charge on any atom is -0.458 e. The third kappa shape index (κ3) is 10.2. The number of nitrogens with zero attached hydrogens (tertiary/aromatic N) is 6. The summed E-state index contributed by atoms with van der Waals surface area (Å²) in [5, 5.41) is 23.6. The first kappa shape index (κ1) is 46.3. The Balaban J connectivity index is 1.38. The van der Waals surface area contributed by atoms with Crippen molar-refractivity contribution in [3.63, 3.8) is 0 Å². The van der Waals surface area contributed by atoms with E-state index >= 15 is 0 Å². The Labute approximate surface area is 349 Å². The number of nitrogen functional groups attached to an aromatic ring is 1. The first-order valence-corrected chi connectivity index (χ1v) is 21.1. The lowest BCUT2D eigenvalue weighted by molar-refractivity contribution is -0.295. The molecule has 0 radical (unpaired) electrons. The number of pyridine rings is 1. The number of ketones is 1. The average Bonchev–Trinajstić information content (AvgIpc) is 3.77. The number of aliphatic hydroxyl groups excluding tert-OH is 1. The van der Waals surface area contributed by atoms with Crippen LogP contribution in [0, 0.1) is 17.8 Å². The van der Waals surface area contributed by atoms with Gasteiger partial charge in [-0.3, -0.25) is 19.2 Å². The maximum atomic E-state index is 14.4. The van der Waals surface area contributed by atoms with E-state index in [4.69, 9.17) is 29.4 Å². The molecule has 1 amide bonds. The summed E-state index contributed by atoms with van der Waals surface area (Å²) in [6, 6.07) is 4.30. The van der Waals surface area contributed by atoms with Gasteiger partial charge in [0, 0.05) is 38.2 Å². The van der Waals surface area contributed by atoms with E-state index in [1.54, 1.807) is 29.7 Å². The second kappa shape index (κ2) is 19.3. The van der Waals surface area contributed by atoms with E-state index in [-0.39, 0.29) is 24.1 Å². The summed E-state index contributed by atoms with van der Waals surface area (Å²) in [4.78, 5) is 50.2. The minimum atomic E-state index is -1.24. The Kier molecular flexibility index (Phi) is 15.2. The second-order valence-electron chi connectivity index (χ2n) is 17.6. The number of aliphatic hydroxyl groups is 1. The van der Waals surface area contributed by atoms with E-state index in [1.165, 1.54) is 6.92 Å². The van der Waals surface area contributed by atoms with Crippen molar-refractivity contribution >= 4 is 23.7 Å². The van der Waals surface area contributed by atoms with Gasteiger partial charge in [0.25, 0.3) is 0 Å². The zero-order valence-electron chi connectivity index (χ0n) is 36.8. The highest BCUT2D eigenvalue weighted by Crippen LogP contribution is 2.40. The molecular weight excluding hydrogens is 761 g/mol. The number of aryl methyl sites for hydroxylation is 1. The number of anilines is 1. The summed E-state index contributed by atoms with van der Waals surface area (Å²) in [5.74, 6) is -2.78. The van der Waals surface area contributed by atoms with E-state index in [0.717, 1.165) is 0 Å². The predicted octanol–water partition coefficient (Wildman–Crippen LogP) is 3.68. The summed E-state index contributed by atoms with van der Waals surface area (Å²) >= 11 is 0. The molecule has 13 atom stereocenters. The van der Waals surface area contributed by atoms with Crippen LogP contribution >= 0.6 is 0 Å². The number of cyclic esters (lactones) is 1. The first-order chi connectivity index (χ1) is 27.8. The van der Waals surface area contributed by atoms with Crippen molar-refractivity contribution < 1.29 is 43.2 Å². The van der Waals surface area contributed by atoms with Gasteiger partial charge >= 0.3 is 12.1 Å². The van der Waals surface area contributed by atoms with E-state index in [9.17, 15) is 19.5 Å². The SMILES string of the molecule is CC[C@H]1OC(=O)[C@H](C)C(=O)[C@@H](C)[C@@H](O[C@@H]2OC(C)CC(N(C)C)C2O)[C@](C)(OC)C[C@@H](C)CN[C@H](C)[C@H]2N(CCCCn3cc(-c4cccc(N)n4)nn3)C(=O)O[C@]12C. The number of likely N-dealkylation sites (N-methyl/N-ethyl adjacent to an activating group) is 1. The Morgan fingerprint density at radius 1 is 1.07 bits per heavy atom. The van der Waals surface area contributed by atoms with Crippen LogP contribution in [0.5, 0.6) is 0 Å². The number of carbonyl (C=O) groups is 3. The van der Waals surface area contributed by atoms with Gasteiger partial charge in [0.1, 0.15) is 29.6 Å². The highest BCUT2D eigenvalue weighted by atomic mass is 16.7. The summed E-state index contributed by atoms with van der Waals surface area (Å²) in [5.41, 5.74) is 4.82. The highest BCUT2D eigenvalue weighted by molar-refractivity contribution is 6.00.